The van der Waals surface area contributed by atoms with Crippen LogP contribution in [-0.2, 0) is 13.0 Å². The van der Waals surface area contributed by atoms with E-state index >= 15 is 0 Å². The lowest BCUT2D eigenvalue weighted by molar-refractivity contribution is 0.0782. The van der Waals surface area contributed by atoms with Gasteiger partial charge in [-0.1, -0.05) is 24.6 Å². The molecule has 0 unspecified atom stereocenters. The first-order valence-electron chi connectivity index (χ1n) is 9.75. The number of amides is 1. The number of nitrogens with zero attached hydrogens (tertiary/aromatic N) is 4. The summed E-state index contributed by atoms with van der Waals surface area (Å²) in [7, 11) is 3.44. The Bertz CT molecular complexity index is 1020. The molecular weight excluding hydrogens is 364 g/mol. The predicted octanol–water partition coefficient (Wildman–Crippen LogP) is 4.04. The van der Waals surface area contributed by atoms with Gasteiger partial charge in [0.15, 0.2) is 0 Å². The first-order chi connectivity index (χ1) is 13.9. The average molecular weight is 393 g/mol. The van der Waals surface area contributed by atoms with Gasteiger partial charge in [0.1, 0.15) is 5.75 Å². The van der Waals surface area contributed by atoms with Crippen molar-refractivity contribution in [2.45, 2.75) is 40.7 Å². The molecule has 3 aromatic rings. The Hall–Kier alpha value is -3.15. The van der Waals surface area contributed by atoms with Gasteiger partial charge in [-0.25, -0.2) is 4.68 Å². The van der Waals surface area contributed by atoms with Crippen molar-refractivity contribution in [3.8, 4) is 11.4 Å². The van der Waals surface area contributed by atoms with Gasteiger partial charge in [-0.15, -0.1) is 0 Å². The van der Waals surface area contributed by atoms with Gasteiger partial charge in [0.2, 0.25) is 0 Å². The first-order valence-corrected chi connectivity index (χ1v) is 9.75. The third kappa shape index (κ3) is 4.01. The van der Waals surface area contributed by atoms with Crippen LogP contribution in [0.15, 0.2) is 36.7 Å². The fraction of sp³-hybridized carbons (Fsp3) is 0.348. The fourth-order valence-corrected chi connectivity index (χ4v) is 3.53. The van der Waals surface area contributed by atoms with E-state index in [0.717, 1.165) is 34.0 Å². The van der Waals surface area contributed by atoms with E-state index in [2.05, 4.69) is 10.1 Å². The summed E-state index contributed by atoms with van der Waals surface area (Å²) in [4.78, 5) is 19.4. The number of hydrogen-bond donors (Lipinski definition) is 0. The van der Waals surface area contributed by atoms with Crippen LogP contribution in [0.4, 0.5) is 0 Å². The van der Waals surface area contributed by atoms with Gasteiger partial charge < -0.3 is 9.64 Å². The standard InChI is InChI=1S/C23H28N4O2/c1-7-21-19(13-25-27(21)18-10-8-15(2)9-11-18)23(28)26(5)14-20-17(4)22(29-6)16(3)12-24-20/h8-13H,7,14H2,1-6H3. The summed E-state index contributed by atoms with van der Waals surface area (Å²) in [5.74, 6) is 0.748. The quantitative estimate of drug-likeness (QED) is 0.635. The van der Waals surface area contributed by atoms with Crippen molar-refractivity contribution in [3.05, 3.63) is 70.3 Å². The van der Waals surface area contributed by atoms with Crippen LogP contribution in [0.25, 0.3) is 5.69 Å². The van der Waals surface area contributed by atoms with Gasteiger partial charge in [0.25, 0.3) is 5.91 Å². The minimum Gasteiger partial charge on any atom is -0.496 e. The molecule has 6 heteroatoms. The van der Waals surface area contributed by atoms with Crippen LogP contribution in [0.2, 0.25) is 0 Å². The summed E-state index contributed by atoms with van der Waals surface area (Å²) in [6.07, 6.45) is 4.15. The van der Waals surface area contributed by atoms with Crippen LogP contribution >= 0.6 is 0 Å². The van der Waals surface area contributed by atoms with Crippen LogP contribution in [-0.4, -0.2) is 39.7 Å². The first kappa shape index (κ1) is 20.6. The van der Waals surface area contributed by atoms with Crippen LogP contribution in [0.1, 0.15) is 45.4 Å². The van der Waals surface area contributed by atoms with Gasteiger partial charge in [-0.3, -0.25) is 9.78 Å². The number of hydrogen-bond acceptors (Lipinski definition) is 4. The van der Waals surface area contributed by atoms with Crippen LogP contribution in [0, 0.1) is 20.8 Å². The number of pyridine rings is 1. The van der Waals surface area contributed by atoms with Crippen molar-refractivity contribution in [3.63, 3.8) is 0 Å². The molecule has 3 rings (SSSR count). The Morgan fingerprint density at radius 1 is 1.14 bits per heavy atom. The SMILES string of the molecule is CCc1c(C(=O)N(C)Cc2ncc(C)c(OC)c2C)cnn1-c1ccc(C)cc1. The highest BCUT2D eigenvalue weighted by atomic mass is 16.5. The number of rotatable bonds is 6. The molecule has 0 saturated heterocycles. The molecule has 29 heavy (non-hydrogen) atoms. The van der Waals surface area contributed by atoms with Gasteiger partial charge in [-0.05, 0) is 39.3 Å². The summed E-state index contributed by atoms with van der Waals surface area (Å²) in [5.41, 5.74) is 6.42. The largest absolute Gasteiger partial charge is 0.496 e. The maximum absolute atomic E-state index is 13.2. The minimum atomic E-state index is -0.0686. The number of methoxy groups -OCH3 is 1. The normalized spacial score (nSPS) is 10.8. The Morgan fingerprint density at radius 3 is 2.45 bits per heavy atom. The molecule has 2 aromatic heterocycles. The molecule has 0 aliphatic carbocycles. The Labute approximate surface area is 172 Å². The van der Waals surface area contributed by atoms with E-state index in [4.69, 9.17) is 4.74 Å². The van der Waals surface area contributed by atoms with Crippen molar-refractivity contribution < 1.29 is 9.53 Å². The van der Waals surface area contributed by atoms with E-state index in [-0.39, 0.29) is 5.91 Å². The number of carbonyl (C=O) groups is 1. The van der Waals surface area contributed by atoms with E-state index in [1.165, 1.54) is 5.56 Å². The summed E-state index contributed by atoms with van der Waals surface area (Å²) < 4.78 is 7.33. The lowest BCUT2D eigenvalue weighted by Crippen LogP contribution is -2.28. The molecule has 1 amide bonds. The van der Waals surface area contributed by atoms with Crippen molar-refractivity contribution in [1.29, 1.82) is 0 Å². The Kier molecular flexibility index (Phi) is 6.01. The van der Waals surface area contributed by atoms with Crippen LogP contribution < -0.4 is 4.74 Å². The lowest BCUT2D eigenvalue weighted by Gasteiger charge is -2.19. The number of ether oxygens (including phenoxy) is 1. The van der Waals surface area contributed by atoms with E-state index in [0.29, 0.717) is 18.5 Å². The molecule has 0 aliphatic rings. The zero-order valence-electron chi connectivity index (χ0n) is 18.0. The highest BCUT2D eigenvalue weighted by Gasteiger charge is 2.22. The zero-order valence-corrected chi connectivity index (χ0v) is 18.0. The molecule has 0 N–H and O–H groups in total. The molecular formula is C23H28N4O2. The topological polar surface area (TPSA) is 60.3 Å². The van der Waals surface area contributed by atoms with Crippen molar-refractivity contribution in [2.24, 2.45) is 0 Å². The third-order valence-electron chi connectivity index (χ3n) is 5.20. The molecule has 0 spiro atoms. The molecule has 1 aromatic carbocycles. The second-order valence-electron chi connectivity index (χ2n) is 7.31. The summed E-state index contributed by atoms with van der Waals surface area (Å²) in [5, 5.41) is 4.49. The maximum atomic E-state index is 13.2. The number of carbonyl (C=O) groups excluding carboxylic acids is 1. The summed E-state index contributed by atoms with van der Waals surface area (Å²) in [6.45, 7) is 8.42. The van der Waals surface area contributed by atoms with Crippen LogP contribution in [0.5, 0.6) is 5.75 Å². The van der Waals surface area contributed by atoms with E-state index in [9.17, 15) is 4.79 Å². The van der Waals surface area contributed by atoms with Gasteiger partial charge in [0.05, 0.1) is 42.5 Å². The van der Waals surface area contributed by atoms with E-state index < -0.39 is 0 Å². The molecule has 0 fully saturated rings. The average Bonchev–Trinajstić information content (AvgIpc) is 3.14. The molecule has 2 heterocycles. The molecule has 6 nitrogen and oxygen atoms in total. The summed E-state index contributed by atoms with van der Waals surface area (Å²) in [6, 6.07) is 8.13. The predicted molar refractivity (Wildman–Crippen MR) is 114 cm³/mol. The highest BCUT2D eigenvalue weighted by Crippen LogP contribution is 2.25. The molecule has 0 bridgehead atoms. The number of aromatic nitrogens is 3. The number of aryl methyl sites for hydroxylation is 2. The third-order valence-corrected chi connectivity index (χ3v) is 5.20. The van der Waals surface area contributed by atoms with Crippen LogP contribution in [0.3, 0.4) is 0 Å². The van der Waals surface area contributed by atoms with Gasteiger partial charge in [0, 0.05) is 24.4 Å². The van der Waals surface area contributed by atoms with Crippen molar-refractivity contribution in [1.82, 2.24) is 19.7 Å². The molecule has 0 radical (unpaired) electrons. The van der Waals surface area contributed by atoms with E-state index in [1.54, 1.807) is 31.5 Å². The monoisotopic (exact) mass is 392 g/mol. The zero-order chi connectivity index (χ0) is 21.1. The molecule has 0 aliphatic heterocycles. The Balaban J connectivity index is 1.88. The second kappa shape index (κ2) is 8.47. The number of benzene rings is 1. The smallest absolute Gasteiger partial charge is 0.257 e. The van der Waals surface area contributed by atoms with Gasteiger partial charge in [-0.2, -0.15) is 5.10 Å². The minimum absolute atomic E-state index is 0.0686. The highest BCUT2D eigenvalue weighted by molar-refractivity contribution is 5.95. The maximum Gasteiger partial charge on any atom is 0.257 e. The van der Waals surface area contributed by atoms with E-state index in [1.807, 2.05) is 56.6 Å². The van der Waals surface area contributed by atoms with Crippen molar-refractivity contribution in [2.75, 3.05) is 14.2 Å². The molecule has 152 valence electrons. The molecule has 0 atom stereocenters. The Morgan fingerprint density at radius 2 is 1.83 bits per heavy atom. The lowest BCUT2D eigenvalue weighted by atomic mass is 10.1. The van der Waals surface area contributed by atoms with Crippen molar-refractivity contribution >= 4 is 5.91 Å². The summed E-state index contributed by atoms with van der Waals surface area (Å²) >= 11 is 0. The molecule has 0 saturated carbocycles. The second-order valence-corrected chi connectivity index (χ2v) is 7.31. The van der Waals surface area contributed by atoms with Gasteiger partial charge >= 0.3 is 0 Å². The fourth-order valence-electron chi connectivity index (χ4n) is 3.53.